The van der Waals surface area contributed by atoms with Crippen LogP contribution in [0.25, 0.3) is 0 Å². The molecule has 0 aliphatic rings. The van der Waals surface area contributed by atoms with Crippen molar-refractivity contribution in [1.82, 2.24) is 0 Å². The molecule has 76 valence electrons. The molecular weight excluding hydrogens is 172 g/mol. The molecule has 0 radical (unpaired) electrons. The minimum absolute atomic E-state index is 0.833. The topological polar surface area (TPSA) is 9.23 Å². The Hall–Kier alpha value is -1.42. The van der Waals surface area contributed by atoms with Gasteiger partial charge in [-0.05, 0) is 25.5 Å². The number of rotatable bonds is 4. The number of unbranched alkanes of at least 4 members (excludes halogenated alkanes) is 1. The van der Waals surface area contributed by atoms with Crippen LogP contribution in [0, 0.1) is 19.8 Å². The average molecular weight is 190 g/mol. The Morgan fingerprint density at radius 2 is 1.71 bits per heavy atom. The van der Waals surface area contributed by atoms with E-state index < -0.39 is 0 Å². The van der Waals surface area contributed by atoms with Crippen molar-refractivity contribution in [1.29, 1.82) is 0 Å². The van der Waals surface area contributed by atoms with E-state index in [1.54, 1.807) is 0 Å². The molecule has 0 aliphatic heterocycles. The molecule has 0 bridgehead atoms. The van der Waals surface area contributed by atoms with Gasteiger partial charge in [-0.15, -0.1) is 12.8 Å². The monoisotopic (exact) mass is 190 g/mol. The Kier molecular flexibility index (Phi) is 7.36. The van der Waals surface area contributed by atoms with E-state index in [0.717, 1.165) is 18.8 Å². The molecule has 0 heterocycles. The smallest absolute Gasteiger partial charge is 0.119 e. The highest BCUT2D eigenvalue weighted by atomic mass is 16.5. The van der Waals surface area contributed by atoms with E-state index >= 15 is 0 Å². The van der Waals surface area contributed by atoms with E-state index in [0.29, 0.717) is 0 Å². The molecule has 0 saturated heterocycles. The van der Waals surface area contributed by atoms with E-state index in [2.05, 4.69) is 38.8 Å². The lowest BCUT2D eigenvalue weighted by molar-refractivity contribution is 0.309. The molecule has 0 atom stereocenters. The van der Waals surface area contributed by atoms with Crippen LogP contribution in [0.5, 0.6) is 5.75 Å². The second-order valence-electron chi connectivity index (χ2n) is 3.02. The van der Waals surface area contributed by atoms with Crippen LogP contribution in [0.15, 0.2) is 24.3 Å². The van der Waals surface area contributed by atoms with Gasteiger partial charge in [-0.25, -0.2) is 0 Å². The SMILES string of the molecule is C#C.CCCCOc1ccc(C)cc1. The fraction of sp³-hybridized carbons (Fsp3) is 0.385. The fourth-order valence-corrected chi connectivity index (χ4v) is 0.969. The summed E-state index contributed by atoms with van der Waals surface area (Å²) in [5.41, 5.74) is 1.28. The van der Waals surface area contributed by atoms with E-state index in [9.17, 15) is 0 Å². The van der Waals surface area contributed by atoms with Crippen molar-refractivity contribution >= 4 is 0 Å². The Labute approximate surface area is 87.1 Å². The summed E-state index contributed by atoms with van der Waals surface area (Å²) in [6.45, 7) is 5.08. The second-order valence-corrected chi connectivity index (χ2v) is 3.02. The predicted molar refractivity (Wildman–Crippen MR) is 61.5 cm³/mol. The van der Waals surface area contributed by atoms with Crippen LogP contribution in [0.2, 0.25) is 0 Å². The van der Waals surface area contributed by atoms with Gasteiger partial charge in [-0.3, -0.25) is 0 Å². The first-order valence-corrected chi connectivity index (χ1v) is 4.85. The molecule has 1 aromatic carbocycles. The molecule has 0 spiro atoms. The minimum Gasteiger partial charge on any atom is -0.494 e. The summed E-state index contributed by atoms with van der Waals surface area (Å²) >= 11 is 0. The molecule has 0 fully saturated rings. The third kappa shape index (κ3) is 5.27. The van der Waals surface area contributed by atoms with Gasteiger partial charge < -0.3 is 4.74 Å². The van der Waals surface area contributed by atoms with Crippen LogP contribution >= 0.6 is 0 Å². The van der Waals surface area contributed by atoms with Crippen LogP contribution in [0.1, 0.15) is 25.3 Å². The Balaban J connectivity index is 0.000000791. The highest BCUT2D eigenvalue weighted by molar-refractivity contribution is 5.26. The van der Waals surface area contributed by atoms with Gasteiger partial charge in [0.05, 0.1) is 6.61 Å². The molecule has 0 unspecified atom stereocenters. The third-order valence-corrected chi connectivity index (χ3v) is 1.79. The van der Waals surface area contributed by atoms with Crippen molar-refractivity contribution < 1.29 is 4.74 Å². The number of benzene rings is 1. The fourth-order valence-electron chi connectivity index (χ4n) is 0.969. The summed E-state index contributed by atoms with van der Waals surface area (Å²) in [6.07, 6.45) is 10.3. The van der Waals surface area contributed by atoms with Crippen LogP contribution in [-0.4, -0.2) is 6.61 Å². The van der Waals surface area contributed by atoms with Crippen molar-refractivity contribution in [3.8, 4) is 18.6 Å². The highest BCUT2D eigenvalue weighted by Crippen LogP contribution is 2.11. The third-order valence-electron chi connectivity index (χ3n) is 1.79. The largest absolute Gasteiger partial charge is 0.494 e. The molecule has 0 amide bonds. The summed E-state index contributed by atoms with van der Waals surface area (Å²) in [7, 11) is 0. The second kappa shape index (κ2) is 8.19. The number of terminal acetylenes is 1. The average Bonchev–Trinajstić information content (AvgIpc) is 2.24. The molecule has 1 rings (SSSR count). The van der Waals surface area contributed by atoms with E-state index in [1.165, 1.54) is 12.0 Å². The zero-order chi connectivity index (χ0) is 10.8. The molecule has 14 heavy (non-hydrogen) atoms. The quantitative estimate of drug-likeness (QED) is 0.522. The lowest BCUT2D eigenvalue weighted by atomic mass is 10.2. The number of hydrogen-bond acceptors (Lipinski definition) is 1. The Morgan fingerprint density at radius 1 is 1.14 bits per heavy atom. The van der Waals surface area contributed by atoms with Crippen molar-refractivity contribution in [3.63, 3.8) is 0 Å². The summed E-state index contributed by atoms with van der Waals surface area (Å²) < 4.78 is 5.50. The van der Waals surface area contributed by atoms with Gasteiger partial charge in [-0.2, -0.15) is 0 Å². The van der Waals surface area contributed by atoms with Gasteiger partial charge in [0.15, 0.2) is 0 Å². The lowest BCUT2D eigenvalue weighted by Crippen LogP contribution is -1.95. The van der Waals surface area contributed by atoms with Crippen LogP contribution in [0.3, 0.4) is 0 Å². The van der Waals surface area contributed by atoms with Gasteiger partial charge in [0.2, 0.25) is 0 Å². The molecular formula is C13H18O. The number of aryl methyl sites for hydroxylation is 1. The summed E-state index contributed by atoms with van der Waals surface area (Å²) in [4.78, 5) is 0. The van der Waals surface area contributed by atoms with Gasteiger partial charge in [0, 0.05) is 0 Å². The Bertz CT molecular complexity index is 246. The molecule has 1 aromatic rings. The van der Waals surface area contributed by atoms with Gasteiger partial charge in [-0.1, -0.05) is 31.0 Å². The predicted octanol–water partition coefficient (Wildman–Crippen LogP) is 3.42. The molecule has 1 nitrogen and oxygen atoms in total. The molecule has 0 aromatic heterocycles. The van der Waals surface area contributed by atoms with Crippen molar-refractivity contribution in [2.24, 2.45) is 0 Å². The Morgan fingerprint density at radius 3 is 2.21 bits per heavy atom. The van der Waals surface area contributed by atoms with Gasteiger partial charge in [0.1, 0.15) is 5.75 Å². The maximum Gasteiger partial charge on any atom is 0.119 e. The standard InChI is InChI=1S/C11H16O.C2H2/c1-3-4-9-12-11-7-5-10(2)6-8-11;1-2/h5-8H,3-4,9H2,1-2H3;1-2H. The summed E-state index contributed by atoms with van der Waals surface area (Å²) in [5.74, 6) is 0.981. The maximum absolute atomic E-state index is 5.50. The van der Waals surface area contributed by atoms with Crippen molar-refractivity contribution in [3.05, 3.63) is 29.8 Å². The zero-order valence-electron chi connectivity index (χ0n) is 8.99. The van der Waals surface area contributed by atoms with E-state index in [-0.39, 0.29) is 0 Å². The summed E-state index contributed by atoms with van der Waals surface area (Å²) in [6, 6.07) is 8.18. The van der Waals surface area contributed by atoms with Gasteiger partial charge in [0.25, 0.3) is 0 Å². The number of ether oxygens (including phenoxy) is 1. The van der Waals surface area contributed by atoms with Crippen LogP contribution in [0.4, 0.5) is 0 Å². The van der Waals surface area contributed by atoms with Crippen molar-refractivity contribution in [2.45, 2.75) is 26.7 Å². The molecule has 1 heteroatoms. The van der Waals surface area contributed by atoms with E-state index in [4.69, 9.17) is 4.74 Å². The first-order valence-electron chi connectivity index (χ1n) is 4.85. The lowest BCUT2D eigenvalue weighted by Gasteiger charge is -2.04. The normalized spacial score (nSPS) is 8.57. The highest BCUT2D eigenvalue weighted by Gasteiger charge is 1.90. The maximum atomic E-state index is 5.50. The van der Waals surface area contributed by atoms with Crippen LogP contribution < -0.4 is 4.74 Å². The van der Waals surface area contributed by atoms with Crippen molar-refractivity contribution in [2.75, 3.05) is 6.61 Å². The first-order chi connectivity index (χ1) is 6.83. The van der Waals surface area contributed by atoms with Gasteiger partial charge >= 0.3 is 0 Å². The molecule has 0 saturated carbocycles. The summed E-state index contributed by atoms with van der Waals surface area (Å²) in [5, 5.41) is 0. The number of hydrogen-bond donors (Lipinski definition) is 0. The molecule has 0 aliphatic carbocycles. The zero-order valence-corrected chi connectivity index (χ0v) is 8.99. The van der Waals surface area contributed by atoms with Crippen LogP contribution in [-0.2, 0) is 0 Å². The minimum atomic E-state index is 0.833. The molecule has 0 N–H and O–H groups in total. The first kappa shape index (κ1) is 12.6. The van der Waals surface area contributed by atoms with E-state index in [1.807, 2.05) is 12.1 Å².